The summed E-state index contributed by atoms with van der Waals surface area (Å²) in [5, 5.41) is 9.02. The van der Waals surface area contributed by atoms with Crippen molar-refractivity contribution in [1.82, 2.24) is 4.31 Å². The van der Waals surface area contributed by atoms with Gasteiger partial charge in [0.25, 0.3) is 0 Å². The molecule has 0 spiro atoms. The Bertz CT molecular complexity index is 576. The van der Waals surface area contributed by atoms with Crippen LogP contribution in [0.4, 0.5) is 5.69 Å². The van der Waals surface area contributed by atoms with E-state index in [1.807, 2.05) is 0 Å². The van der Waals surface area contributed by atoms with Gasteiger partial charge >= 0.3 is 0 Å². The van der Waals surface area contributed by atoms with E-state index in [4.69, 9.17) is 34.0 Å². The third-order valence-electron chi connectivity index (χ3n) is 2.79. The van der Waals surface area contributed by atoms with Gasteiger partial charge in [-0.3, -0.25) is 0 Å². The molecule has 3 N–H and O–H groups in total. The molecule has 114 valence electrons. The molecule has 0 saturated carbocycles. The summed E-state index contributed by atoms with van der Waals surface area (Å²) >= 11 is 11.8. The number of aliphatic hydroxyl groups is 1. The topological polar surface area (TPSA) is 83.6 Å². The predicted molar refractivity (Wildman–Crippen MR) is 81.6 cm³/mol. The first kappa shape index (κ1) is 17.5. The maximum absolute atomic E-state index is 12.6. The summed E-state index contributed by atoms with van der Waals surface area (Å²) in [4.78, 5) is -0.0762. The van der Waals surface area contributed by atoms with Gasteiger partial charge in [-0.05, 0) is 32.4 Å². The minimum atomic E-state index is -3.79. The lowest BCUT2D eigenvalue weighted by Crippen LogP contribution is -2.38. The van der Waals surface area contributed by atoms with Crippen LogP contribution < -0.4 is 5.73 Å². The van der Waals surface area contributed by atoms with Crippen molar-refractivity contribution in [3.8, 4) is 0 Å². The molecule has 0 bridgehead atoms. The molecule has 5 nitrogen and oxygen atoms in total. The molecular formula is C12H18Cl2N2O3S. The van der Waals surface area contributed by atoms with Gasteiger partial charge in [-0.1, -0.05) is 23.2 Å². The zero-order valence-corrected chi connectivity index (χ0v) is 13.6. The number of hydrogen-bond donors (Lipinski definition) is 2. The van der Waals surface area contributed by atoms with Crippen LogP contribution >= 0.6 is 23.2 Å². The Morgan fingerprint density at radius 1 is 1.35 bits per heavy atom. The fraction of sp³-hybridized carbons (Fsp3) is 0.500. The van der Waals surface area contributed by atoms with Crippen LogP contribution in [0.25, 0.3) is 0 Å². The highest BCUT2D eigenvalue weighted by atomic mass is 35.5. The summed E-state index contributed by atoms with van der Waals surface area (Å²) in [6.45, 7) is 3.62. The second-order valence-corrected chi connectivity index (χ2v) is 7.20. The molecule has 0 atom stereocenters. The van der Waals surface area contributed by atoms with E-state index in [2.05, 4.69) is 0 Å². The molecule has 20 heavy (non-hydrogen) atoms. The highest BCUT2D eigenvalue weighted by Crippen LogP contribution is 2.35. The zero-order valence-electron chi connectivity index (χ0n) is 11.3. The average molecular weight is 341 g/mol. The molecule has 1 aromatic rings. The highest BCUT2D eigenvalue weighted by molar-refractivity contribution is 7.89. The maximum Gasteiger partial charge on any atom is 0.244 e. The van der Waals surface area contributed by atoms with Crippen molar-refractivity contribution >= 4 is 38.9 Å². The van der Waals surface area contributed by atoms with Gasteiger partial charge < -0.3 is 10.8 Å². The summed E-state index contributed by atoms with van der Waals surface area (Å²) in [6, 6.07) is 2.48. The van der Waals surface area contributed by atoms with E-state index in [0.29, 0.717) is 6.42 Å². The van der Waals surface area contributed by atoms with Gasteiger partial charge in [0.1, 0.15) is 4.90 Å². The molecule has 0 aliphatic carbocycles. The largest absolute Gasteiger partial charge is 0.396 e. The smallest absolute Gasteiger partial charge is 0.244 e. The summed E-state index contributed by atoms with van der Waals surface area (Å²) in [7, 11) is -3.79. The van der Waals surface area contributed by atoms with E-state index >= 15 is 0 Å². The summed E-state index contributed by atoms with van der Waals surface area (Å²) in [5.74, 6) is 0. The first-order chi connectivity index (χ1) is 9.23. The SMILES string of the molecule is CC(C)N(CCCO)S(=O)(=O)c1ccc(Cl)c(N)c1Cl. The van der Waals surface area contributed by atoms with E-state index in [9.17, 15) is 8.42 Å². The van der Waals surface area contributed by atoms with Crippen molar-refractivity contribution in [2.75, 3.05) is 18.9 Å². The van der Waals surface area contributed by atoms with Gasteiger partial charge in [-0.15, -0.1) is 0 Å². The van der Waals surface area contributed by atoms with Crippen molar-refractivity contribution in [3.05, 3.63) is 22.2 Å². The Labute approximate surface area is 129 Å². The van der Waals surface area contributed by atoms with E-state index < -0.39 is 10.0 Å². The van der Waals surface area contributed by atoms with E-state index in [0.717, 1.165) is 0 Å². The summed E-state index contributed by atoms with van der Waals surface area (Å²) in [6.07, 6.45) is 0.345. The lowest BCUT2D eigenvalue weighted by molar-refractivity contribution is 0.258. The third-order valence-corrected chi connectivity index (χ3v) is 5.76. The molecule has 0 aromatic heterocycles. The number of nitrogen functional groups attached to an aromatic ring is 1. The molecule has 0 saturated heterocycles. The number of rotatable bonds is 6. The second kappa shape index (κ2) is 6.95. The zero-order chi connectivity index (χ0) is 15.5. The molecule has 0 aliphatic rings. The number of aliphatic hydroxyl groups excluding tert-OH is 1. The van der Waals surface area contributed by atoms with E-state index in [1.165, 1.54) is 16.4 Å². The monoisotopic (exact) mass is 340 g/mol. The molecule has 0 fully saturated rings. The molecule has 0 radical (unpaired) electrons. The third kappa shape index (κ3) is 3.56. The molecule has 1 rings (SSSR count). The molecule has 8 heteroatoms. The van der Waals surface area contributed by atoms with Crippen LogP contribution in [0.2, 0.25) is 10.0 Å². The van der Waals surface area contributed by atoms with Crippen LogP contribution in [-0.2, 0) is 10.0 Å². The molecule has 1 aromatic carbocycles. The Morgan fingerprint density at radius 2 is 1.95 bits per heavy atom. The Hall–Kier alpha value is -0.530. The van der Waals surface area contributed by atoms with Crippen LogP contribution in [0.1, 0.15) is 20.3 Å². The molecule has 0 unspecified atom stereocenters. The Balaban J connectivity index is 3.30. The molecule has 0 amide bonds. The summed E-state index contributed by atoms with van der Waals surface area (Å²) < 4.78 is 26.5. The van der Waals surface area contributed by atoms with Crippen LogP contribution in [-0.4, -0.2) is 37.0 Å². The van der Waals surface area contributed by atoms with Crippen molar-refractivity contribution in [2.45, 2.75) is 31.2 Å². The van der Waals surface area contributed by atoms with E-state index in [1.54, 1.807) is 13.8 Å². The first-order valence-corrected chi connectivity index (χ1v) is 8.29. The number of benzene rings is 1. The van der Waals surface area contributed by atoms with E-state index in [-0.39, 0.29) is 39.8 Å². The van der Waals surface area contributed by atoms with Crippen LogP contribution in [0.15, 0.2) is 17.0 Å². The van der Waals surface area contributed by atoms with Crippen molar-refractivity contribution in [1.29, 1.82) is 0 Å². The number of hydrogen-bond acceptors (Lipinski definition) is 4. The number of anilines is 1. The van der Waals surface area contributed by atoms with Gasteiger partial charge in [0.05, 0.1) is 15.7 Å². The molecular weight excluding hydrogens is 323 g/mol. The fourth-order valence-electron chi connectivity index (χ4n) is 1.76. The van der Waals surface area contributed by atoms with Gasteiger partial charge in [-0.25, -0.2) is 8.42 Å². The number of nitrogens with two attached hydrogens (primary N) is 1. The molecule has 0 aliphatic heterocycles. The first-order valence-electron chi connectivity index (χ1n) is 6.09. The predicted octanol–water partition coefficient (Wildman–Crippen LogP) is 2.36. The normalized spacial score (nSPS) is 12.3. The van der Waals surface area contributed by atoms with Crippen molar-refractivity contribution in [2.24, 2.45) is 0 Å². The van der Waals surface area contributed by atoms with Crippen LogP contribution in [0, 0.1) is 0 Å². The standard InChI is InChI=1S/C12H18Cl2N2O3S/c1-8(2)16(6-3-7-17)20(18,19)10-5-4-9(13)12(15)11(10)14/h4-5,8,17H,3,6-7,15H2,1-2H3. The fourth-order valence-corrected chi connectivity index (χ4v) is 4.17. The Kier molecular flexibility index (Phi) is 6.09. The van der Waals surface area contributed by atoms with Gasteiger partial charge in [0.15, 0.2) is 0 Å². The minimum Gasteiger partial charge on any atom is -0.396 e. The van der Waals surface area contributed by atoms with Gasteiger partial charge in [0.2, 0.25) is 10.0 Å². The number of nitrogens with zero attached hydrogens (tertiary/aromatic N) is 1. The number of sulfonamides is 1. The second-order valence-electron chi connectivity index (χ2n) is 4.56. The Morgan fingerprint density at radius 3 is 2.45 bits per heavy atom. The molecule has 0 heterocycles. The van der Waals surface area contributed by atoms with Gasteiger partial charge in [-0.2, -0.15) is 4.31 Å². The lowest BCUT2D eigenvalue weighted by Gasteiger charge is -2.26. The lowest BCUT2D eigenvalue weighted by atomic mass is 10.3. The maximum atomic E-state index is 12.6. The quantitative estimate of drug-likeness (QED) is 0.778. The van der Waals surface area contributed by atoms with Crippen LogP contribution in [0.5, 0.6) is 0 Å². The van der Waals surface area contributed by atoms with Crippen molar-refractivity contribution < 1.29 is 13.5 Å². The number of halogens is 2. The minimum absolute atomic E-state index is 0.0419. The average Bonchev–Trinajstić information content (AvgIpc) is 2.35. The highest BCUT2D eigenvalue weighted by Gasteiger charge is 2.29. The van der Waals surface area contributed by atoms with Crippen molar-refractivity contribution in [3.63, 3.8) is 0 Å². The van der Waals surface area contributed by atoms with Gasteiger partial charge in [0, 0.05) is 19.2 Å². The van der Waals surface area contributed by atoms with Crippen LogP contribution in [0.3, 0.4) is 0 Å². The summed E-state index contributed by atoms with van der Waals surface area (Å²) in [5.41, 5.74) is 5.71.